The third-order valence-electron chi connectivity index (χ3n) is 4.80. The number of alkyl halides is 1. The molecule has 106 valence electrons. The molecule has 0 aliphatic carbocycles. The molecule has 5 rings (SSSR count). The van der Waals surface area contributed by atoms with Gasteiger partial charge in [0, 0.05) is 12.6 Å². The second-order valence-corrected chi connectivity index (χ2v) is 6.14. The first-order valence-electron chi connectivity index (χ1n) is 7.21. The Hall–Kier alpha value is -1.13. The number of hydrogen-bond acceptors (Lipinski definition) is 2. The molecule has 0 spiro atoms. The number of imidazole rings is 1. The second-order valence-electron chi connectivity index (χ2n) is 5.87. The van der Waals surface area contributed by atoms with Crippen molar-refractivity contribution in [1.82, 2.24) is 14.5 Å². The van der Waals surface area contributed by atoms with Gasteiger partial charge in [0.25, 0.3) is 0 Å². The summed E-state index contributed by atoms with van der Waals surface area (Å²) in [6, 6.07) is 5.29. The Balaban J connectivity index is 1.85. The van der Waals surface area contributed by atoms with Crippen molar-refractivity contribution in [2.24, 2.45) is 5.92 Å². The van der Waals surface area contributed by atoms with Crippen LogP contribution in [0.15, 0.2) is 18.2 Å². The molecule has 0 amide bonds. The zero-order valence-corrected chi connectivity index (χ0v) is 12.0. The van der Waals surface area contributed by atoms with E-state index in [-0.39, 0.29) is 5.82 Å². The molecular weight excluding hydrogens is 277 g/mol. The lowest BCUT2D eigenvalue weighted by Crippen LogP contribution is -2.48. The lowest BCUT2D eigenvalue weighted by molar-refractivity contribution is 0.0578. The van der Waals surface area contributed by atoms with Crippen LogP contribution in [0.25, 0.3) is 11.0 Å². The molecule has 5 heteroatoms. The minimum atomic E-state index is -0.239. The van der Waals surface area contributed by atoms with Crippen LogP contribution in [0, 0.1) is 11.7 Å². The molecule has 1 aromatic carbocycles. The van der Waals surface area contributed by atoms with Crippen LogP contribution in [0.3, 0.4) is 0 Å². The smallest absolute Gasteiger partial charge is 0.125 e. The summed E-state index contributed by atoms with van der Waals surface area (Å²) in [4.78, 5) is 7.04. The van der Waals surface area contributed by atoms with E-state index in [0.29, 0.717) is 17.8 Å². The SMILES string of the molecule is Fc1ccc2c(c1)nc(CCl)n2C1CN2CCC1CC2. The fraction of sp³-hybridized carbons (Fsp3) is 0.533. The molecule has 3 aliphatic heterocycles. The van der Waals surface area contributed by atoms with E-state index in [0.717, 1.165) is 23.4 Å². The maximum Gasteiger partial charge on any atom is 0.125 e. The molecule has 20 heavy (non-hydrogen) atoms. The lowest BCUT2D eigenvalue weighted by Gasteiger charge is -2.45. The standard InChI is InChI=1S/C15H17ClFN3/c16-8-15-18-12-7-11(17)1-2-13(12)20(15)14-9-19-5-3-10(14)4-6-19/h1-2,7,10,14H,3-6,8-9H2. The average molecular weight is 294 g/mol. The zero-order valence-electron chi connectivity index (χ0n) is 11.2. The van der Waals surface area contributed by atoms with Gasteiger partial charge in [0.2, 0.25) is 0 Å². The van der Waals surface area contributed by atoms with Crippen LogP contribution in [-0.2, 0) is 5.88 Å². The maximum atomic E-state index is 13.4. The van der Waals surface area contributed by atoms with Gasteiger partial charge >= 0.3 is 0 Å². The van der Waals surface area contributed by atoms with Gasteiger partial charge in [-0.3, -0.25) is 0 Å². The van der Waals surface area contributed by atoms with E-state index in [9.17, 15) is 4.39 Å². The molecule has 0 radical (unpaired) electrons. The molecule has 3 nitrogen and oxygen atoms in total. The van der Waals surface area contributed by atoms with Crippen molar-refractivity contribution < 1.29 is 4.39 Å². The minimum absolute atomic E-state index is 0.239. The molecule has 0 saturated carbocycles. The van der Waals surface area contributed by atoms with Crippen LogP contribution < -0.4 is 0 Å². The summed E-state index contributed by atoms with van der Waals surface area (Å²) in [5.74, 6) is 1.70. The molecule has 3 saturated heterocycles. The predicted molar refractivity (Wildman–Crippen MR) is 77.4 cm³/mol. The Bertz CT molecular complexity index is 646. The van der Waals surface area contributed by atoms with Gasteiger partial charge in [0.05, 0.1) is 23.0 Å². The molecule has 1 aromatic heterocycles. The highest BCUT2D eigenvalue weighted by Gasteiger charge is 2.36. The van der Waals surface area contributed by atoms with E-state index < -0.39 is 0 Å². The summed E-state index contributed by atoms with van der Waals surface area (Å²) in [5, 5.41) is 0. The van der Waals surface area contributed by atoms with Crippen molar-refractivity contribution in [3.8, 4) is 0 Å². The number of rotatable bonds is 2. The van der Waals surface area contributed by atoms with Gasteiger partial charge in [-0.2, -0.15) is 0 Å². The Morgan fingerprint density at radius 3 is 2.75 bits per heavy atom. The third kappa shape index (κ3) is 1.85. The van der Waals surface area contributed by atoms with Crippen LogP contribution in [0.1, 0.15) is 24.7 Å². The summed E-state index contributed by atoms with van der Waals surface area (Å²) in [7, 11) is 0. The monoisotopic (exact) mass is 293 g/mol. The first-order valence-corrected chi connectivity index (χ1v) is 7.74. The average Bonchev–Trinajstić information content (AvgIpc) is 2.85. The number of piperidine rings is 3. The first-order chi connectivity index (χ1) is 9.76. The third-order valence-corrected chi connectivity index (χ3v) is 5.04. The molecule has 0 N–H and O–H groups in total. The highest BCUT2D eigenvalue weighted by Crippen LogP contribution is 2.38. The molecule has 3 fully saturated rings. The number of halogens is 2. The van der Waals surface area contributed by atoms with Gasteiger partial charge in [0.1, 0.15) is 11.6 Å². The van der Waals surface area contributed by atoms with E-state index in [1.807, 2.05) is 6.07 Å². The summed E-state index contributed by atoms with van der Waals surface area (Å²) >= 11 is 6.07. The first kappa shape index (κ1) is 12.6. The molecule has 1 atom stereocenters. The van der Waals surface area contributed by atoms with Crippen LogP contribution >= 0.6 is 11.6 Å². The van der Waals surface area contributed by atoms with Gasteiger partial charge in [-0.1, -0.05) is 0 Å². The number of hydrogen-bond donors (Lipinski definition) is 0. The molecule has 4 heterocycles. The van der Waals surface area contributed by atoms with Gasteiger partial charge in [-0.05, 0) is 44.0 Å². The molecule has 3 aliphatic rings. The van der Waals surface area contributed by atoms with Crippen LogP contribution in [0.5, 0.6) is 0 Å². The van der Waals surface area contributed by atoms with Crippen molar-refractivity contribution in [1.29, 1.82) is 0 Å². The molecule has 2 bridgehead atoms. The Labute approximate surface area is 122 Å². The van der Waals surface area contributed by atoms with Crippen LogP contribution in [0.4, 0.5) is 4.39 Å². The van der Waals surface area contributed by atoms with Gasteiger partial charge in [0.15, 0.2) is 0 Å². The maximum absolute atomic E-state index is 13.4. The Morgan fingerprint density at radius 1 is 1.30 bits per heavy atom. The molecule has 2 aromatic rings. The fourth-order valence-corrected chi connectivity index (χ4v) is 4.00. The van der Waals surface area contributed by atoms with E-state index in [1.165, 1.54) is 38.1 Å². The normalized spacial score (nSPS) is 29.2. The van der Waals surface area contributed by atoms with E-state index >= 15 is 0 Å². The highest BCUT2D eigenvalue weighted by atomic mass is 35.5. The number of nitrogens with zero attached hydrogens (tertiary/aromatic N) is 3. The van der Waals surface area contributed by atoms with Crippen molar-refractivity contribution >= 4 is 22.6 Å². The van der Waals surface area contributed by atoms with Crippen LogP contribution in [0.2, 0.25) is 0 Å². The van der Waals surface area contributed by atoms with Crippen molar-refractivity contribution in [2.75, 3.05) is 19.6 Å². The number of aromatic nitrogens is 2. The quantitative estimate of drug-likeness (QED) is 0.793. The van der Waals surface area contributed by atoms with Crippen molar-refractivity contribution in [2.45, 2.75) is 24.8 Å². The van der Waals surface area contributed by atoms with E-state index in [4.69, 9.17) is 11.6 Å². The van der Waals surface area contributed by atoms with Gasteiger partial charge in [-0.15, -0.1) is 11.6 Å². The van der Waals surface area contributed by atoms with Crippen molar-refractivity contribution in [3.63, 3.8) is 0 Å². The molecular formula is C15H17ClFN3. The largest absolute Gasteiger partial charge is 0.322 e. The fourth-order valence-electron chi connectivity index (χ4n) is 3.81. The van der Waals surface area contributed by atoms with Gasteiger partial charge < -0.3 is 9.47 Å². The highest BCUT2D eigenvalue weighted by molar-refractivity contribution is 6.16. The number of fused-ring (bicyclic) bond motifs is 4. The summed E-state index contributed by atoms with van der Waals surface area (Å²) < 4.78 is 15.6. The summed E-state index contributed by atoms with van der Waals surface area (Å²) in [6.45, 7) is 3.48. The Kier molecular flexibility index (Phi) is 2.97. The van der Waals surface area contributed by atoms with E-state index in [1.54, 1.807) is 0 Å². The second kappa shape index (κ2) is 4.71. The van der Waals surface area contributed by atoms with E-state index in [2.05, 4.69) is 14.5 Å². The van der Waals surface area contributed by atoms with Crippen molar-refractivity contribution in [3.05, 3.63) is 29.8 Å². The zero-order chi connectivity index (χ0) is 13.7. The molecule has 1 unspecified atom stereocenters. The van der Waals surface area contributed by atoms with Crippen LogP contribution in [-0.4, -0.2) is 34.1 Å². The van der Waals surface area contributed by atoms with Gasteiger partial charge in [-0.25, -0.2) is 9.37 Å². The predicted octanol–water partition coefficient (Wildman–Crippen LogP) is 3.18. The number of benzene rings is 1. The lowest BCUT2D eigenvalue weighted by atomic mass is 9.83. The minimum Gasteiger partial charge on any atom is -0.322 e. The summed E-state index contributed by atoms with van der Waals surface area (Å²) in [6.07, 6.45) is 2.49. The Morgan fingerprint density at radius 2 is 2.10 bits per heavy atom. The topological polar surface area (TPSA) is 21.1 Å². The summed E-state index contributed by atoms with van der Waals surface area (Å²) in [5.41, 5.74) is 1.73.